The topological polar surface area (TPSA) is 70.0 Å². The highest BCUT2D eigenvalue weighted by molar-refractivity contribution is 7.15. The van der Waals surface area contributed by atoms with Gasteiger partial charge in [0.25, 0.3) is 0 Å². The molecule has 2 amide bonds. The van der Waals surface area contributed by atoms with Crippen molar-refractivity contribution in [1.82, 2.24) is 24.5 Å². The highest BCUT2D eigenvalue weighted by atomic mass is 32.1. The van der Waals surface area contributed by atoms with Crippen LogP contribution in [-0.4, -0.2) is 70.8 Å². The van der Waals surface area contributed by atoms with Crippen molar-refractivity contribution >= 4 is 28.1 Å². The van der Waals surface area contributed by atoms with Crippen LogP contribution in [0, 0.1) is 0 Å². The van der Waals surface area contributed by atoms with Crippen LogP contribution in [0.15, 0.2) is 17.8 Å². The largest absolute Gasteiger partial charge is 0.358 e. The van der Waals surface area contributed by atoms with E-state index < -0.39 is 0 Å². The minimum atomic E-state index is 0.0119. The summed E-state index contributed by atoms with van der Waals surface area (Å²) in [5, 5.41) is 4.59. The third-order valence-corrected chi connectivity index (χ3v) is 4.62. The van der Waals surface area contributed by atoms with Crippen LogP contribution in [0.3, 0.4) is 0 Å². The van der Waals surface area contributed by atoms with Crippen molar-refractivity contribution in [2.24, 2.45) is 0 Å². The Kier molecular flexibility index (Phi) is 4.39. The lowest BCUT2D eigenvalue weighted by Crippen LogP contribution is -2.51. The van der Waals surface area contributed by atoms with Gasteiger partial charge in [0.05, 0.1) is 18.7 Å². The van der Waals surface area contributed by atoms with E-state index in [1.54, 1.807) is 18.4 Å². The van der Waals surface area contributed by atoms with Gasteiger partial charge in [0.2, 0.25) is 11.8 Å². The Hall–Kier alpha value is -1.93. The predicted octanol–water partition coefficient (Wildman–Crippen LogP) is -0.171. The number of piperazine rings is 1. The molecule has 1 aliphatic rings. The summed E-state index contributed by atoms with van der Waals surface area (Å²) >= 11 is 1.56. The van der Waals surface area contributed by atoms with Crippen molar-refractivity contribution in [2.45, 2.75) is 6.42 Å². The van der Waals surface area contributed by atoms with E-state index in [9.17, 15) is 9.59 Å². The molecule has 1 saturated heterocycles. The Balaban J connectivity index is 1.51. The second-order valence-electron chi connectivity index (χ2n) is 5.33. The van der Waals surface area contributed by atoms with Gasteiger partial charge < -0.3 is 10.2 Å². The Labute approximate surface area is 132 Å². The van der Waals surface area contributed by atoms with Gasteiger partial charge in [-0.15, -0.1) is 11.3 Å². The van der Waals surface area contributed by atoms with Crippen molar-refractivity contribution < 1.29 is 9.59 Å². The number of amides is 2. The number of fused-ring (bicyclic) bond motifs is 1. The normalized spacial score (nSPS) is 16.1. The lowest BCUT2D eigenvalue weighted by molar-refractivity contribution is -0.132. The smallest absolute Gasteiger partial charge is 0.233 e. The third-order valence-electron chi connectivity index (χ3n) is 3.85. The molecule has 3 rings (SSSR count). The van der Waals surface area contributed by atoms with Gasteiger partial charge in [-0.1, -0.05) is 0 Å². The zero-order valence-electron chi connectivity index (χ0n) is 12.5. The molecule has 1 N–H and O–H groups in total. The van der Waals surface area contributed by atoms with Crippen LogP contribution in [0.5, 0.6) is 0 Å². The molecular formula is C14H19N5O2S. The van der Waals surface area contributed by atoms with E-state index in [0.29, 0.717) is 26.1 Å². The molecule has 1 aliphatic heterocycles. The molecule has 0 atom stereocenters. The van der Waals surface area contributed by atoms with Crippen LogP contribution in [0.1, 0.15) is 5.69 Å². The number of aromatic nitrogens is 2. The fraction of sp³-hybridized carbons (Fsp3) is 0.500. The molecule has 0 bridgehead atoms. The second kappa shape index (κ2) is 6.45. The average Bonchev–Trinajstić information content (AvgIpc) is 3.09. The van der Waals surface area contributed by atoms with Gasteiger partial charge in [-0.25, -0.2) is 4.98 Å². The maximum Gasteiger partial charge on any atom is 0.233 e. The Morgan fingerprint density at radius 1 is 1.32 bits per heavy atom. The average molecular weight is 321 g/mol. The Bertz CT molecular complexity index is 643. The lowest BCUT2D eigenvalue weighted by atomic mass is 10.2. The van der Waals surface area contributed by atoms with E-state index >= 15 is 0 Å². The number of carbonyl (C=O) groups excluding carboxylic acids is 2. The van der Waals surface area contributed by atoms with Crippen LogP contribution in [-0.2, 0) is 16.0 Å². The SMILES string of the molecule is CNC(=O)CN1CCN(C(=O)Cc2cn3ccsc3n2)CC1. The highest BCUT2D eigenvalue weighted by Crippen LogP contribution is 2.13. The summed E-state index contributed by atoms with van der Waals surface area (Å²) in [6.45, 7) is 3.20. The first kappa shape index (κ1) is 15.0. The fourth-order valence-electron chi connectivity index (χ4n) is 2.57. The molecule has 118 valence electrons. The van der Waals surface area contributed by atoms with Gasteiger partial charge in [0.1, 0.15) is 0 Å². The quantitative estimate of drug-likeness (QED) is 0.849. The summed E-state index contributed by atoms with van der Waals surface area (Å²) in [7, 11) is 1.64. The summed E-state index contributed by atoms with van der Waals surface area (Å²) in [6, 6.07) is 0. The standard InChI is InChI=1S/C14H19N5O2S/c1-15-12(20)10-17-2-4-18(5-3-17)13(21)8-11-9-19-6-7-22-14(19)16-11/h6-7,9H,2-5,8,10H2,1H3,(H,15,20). The molecule has 22 heavy (non-hydrogen) atoms. The number of hydrogen-bond donors (Lipinski definition) is 1. The van der Waals surface area contributed by atoms with E-state index in [2.05, 4.69) is 15.2 Å². The molecule has 0 radical (unpaired) electrons. The molecule has 0 spiro atoms. The van der Waals surface area contributed by atoms with Crippen LogP contribution >= 0.6 is 11.3 Å². The van der Waals surface area contributed by atoms with Crippen molar-refractivity contribution in [2.75, 3.05) is 39.8 Å². The number of likely N-dealkylation sites (N-methyl/N-ethyl adjacent to an activating group) is 1. The Morgan fingerprint density at radius 3 is 2.77 bits per heavy atom. The number of nitrogens with zero attached hydrogens (tertiary/aromatic N) is 4. The molecule has 0 saturated carbocycles. The Morgan fingerprint density at radius 2 is 2.09 bits per heavy atom. The molecule has 7 nitrogen and oxygen atoms in total. The van der Waals surface area contributed by atoms with Gasteiger partial charge in [-0.3, -0.25) is 18.9 Å². The van der Waals surface area contributed by atoms with E-state index in [1.807, 2.05) is 27.1 Å². The second-order valence-corrected chi connectivity index (χ2v) is 6.20. The van der Waals surface area contributed by atoms with Crippen LogP contribution < -0.4 is 5.32 Å². The monoisotopic (exact) mass is 321 g/mol. The molecule has 1 fully saturated rings. The third kappa shape index (κ3) is 3.28. The van der Waals surface area contributed by atoms with Gasteiger partial charge in [0, 0.05) is 51.0 Å². The van der Waals surface area contributed by atoms with Crippen molar-refractivity contribution in [1.29, 1.82) is 0 Å². The summed E-state index contributed by atoms with van der Waals surface area (Å²) in [5.74, 6) is 0.114. The predicted molar refractivity (Wildman–Crippen MR) is 83.9 cm³/mol. The van der Waals surface area contributed by atoms with E-state index in [4.69, 9.17) is 0 Å². The van der Waals surface area contributed by atoms with E-state index in [1.165, 1.54) is 0 Å². The summed E-state index contributed by atoms with van der Waals surface area (Å²) < 4.78 is 1.94. The summed E-state index contributed by atoms with van der Waals surface area (Å²) in [4.78, 5) is 33.0. The maximum absolute atomic E-state index is 12.3. The van der Waals surface area contributed by atoms with Crippen molar-refractivity contribution in [3.05, 3.63) is 23.5 Å². The first-order valence-corrected chi connectivity index (χ1v) is 8.15. The van der Waals surface area contributed by atoms with Crippen molar-refractivity contribution in [3.63, 3.8) is 0 Å². The molecule has 3 heterocycles. The minimum Gasteiger partial charge on any atom is -0.358 e. The molecule has 2 aromatic rings. The number of carbonyl (C=O) groups is 2. The highest BCUT2D eigenvalue weighted by Gasteiger charge is 2.22. The van der Waals surface area contributed by atoms with Gasteiger partial charge in [-0.2, -0.15) is 0 Å². The molecule has 8 heteroatoms. The van der Waals surface area contributed by atoms with Gasteiger partial charge >= 0.3 is 0 Å². The van der Waals surface area contributed by atoms with Crippen LogP contribution in [0.25, 0.3) is 4.96 Å². The maximum atomic E-state index is 12.3. The first-order valence-electron chi connectivity index (χ1n) is 7.27. The van der Waals surface area contributed by atoms with Crippen LogP contribution in [0.4, 0.5) is 0 Å². The first-order chi connectivity index (χ1) is 10.7. The summed E-state index contributed by atoms with van der Waals surface area (Å²) in [5.41, 5.74) is 0.810. The minimum absolute atomic E-state index is 0.0119. The summed E-state index contributed by atoms with van der Waals surface area (Å²) in [6.07, 6.45) is 4.19. The molecule has 0 aromatic carbocycles. The molecular weight excluding hydrogens is 302 g/mol. The lowest BCUT2D eigenvalue weighted by Gasteiger charge is -2.34. The fourth-order valence-corrected chi connectivity index (χ4v) is 3.28. The van der Waals surface area contributed by atoms with Gasteiger partial charge in [-0.05, 0) is 0 Å². The molecule has 2 aromatic heterocycles. The van der Waals surface area contributed by atoms with E-state index in [-0.39, 0.29) is 11.8 Å². The molecule has 0 unspecified atom stereocenters. The zero-order chi connectivity index (χ0) is 15.5. The number of rotatable bonds is 4. The number of imidazole rings is 1. The molecule has 0 aliphatic carbocycles. The van der Waals surface area contributed by atoms with Crippen LogP contribution in [0.2, 0.25) is 0 Å². The zero-order valence-corrected chi connectivity index (χ0v) is 13.3. The van der Waals surface area contributed by atoms with E-state index in [0.717, 1.165) is 23.7 Å². The number of hydrogen-bond acceptors (Lipinski definition) is 5. The van der Waals surface area contributed by atoms with Gasteiger partial charge in [0.15, 0.2) is 4.96 Å². The number of thiazole rings is 1. The van der Waals surface area contributed by atoms with Crippen molar-refractivity contribution in [3.8, 4) is 0 Å². The number of nitrogens with one attached hydrogen (secondary N) is 1.